The van der Waals surface area contributed by atoms with Gasteiger partial charge in [-0.3, -0.25) is 9.89 Å². The standard InChI is InChI=1S/C25H25N5O4S/c1-32-16-5-3-4-15(8-16)24-19(11-28-29-24)25-18-9-22(21(33-2)10-20(18)26-14-27-25)34-17-12-30(13-17)23(31)6-7-35/h3-5,8-11,14,17,35H,6-7,12-13H2,1-2H3,(H,28,29). The molecule has 0 saturated carbocycles. The van der Waals surface area contributed by atoms with Crippen molar-refractivity contribution in [2.75, 3.05) is 33.1 Å². The molecular weight excluding hydrogens is 466 g/mol. The molecule has 1 N–H and O–H groups in total. The van der Waals surface area contributed by atoms with Crippen molar-refractivity contribution in [2.24, 2.45) is 0 Å². The molecule has 1 amide bonds. The highest BCUT2D eigenvalue weighted by atomic mass is 32.1. The van der Waals surface area contributed by atoms with Gasteiger partial charge in [0.05, 0.1) is 50.4 Å². The van der Waals surface area contributed by atoms with Crippen LogP contribution in [0.5, 0.6) is 17.2 Å². The Kier molecular flexibility index (Phi) is 6.45. The number of aromatic amines is 1. The van der Waals surface area contributed by atoms with Gasteiger partial charge in [0.25, 0.3) is 0 Å². The summed E-state index contributed by atoms with van der Waals surface area (Å²) in [6.07, 6.45) is 3.59. The number of ether oxygens (including phenoxy) is 3. The Bertz CT molecular complexity index is 1370. The zero-order chi connectivity index (χ0) is 24.4. The van der Waals surface area contributed by atoms with Gasteiger partial charge in [0.2, 0.25) is 5.91 Å². The monoisotopic (exact) mass is 491 g/mol. The van der Waals surface area contributed by atoms with Crippen LogP contribution >= 0.6 is 12.6 Å². The number of carbonyl (C=O) groups is 1. The maximum Gasteiger partial charge on any atom is 0.223 e. The Labute approximate surface area is 207 Å². The van der Waals surface area contributed by atoms with Gasteiger partial charge >= 0.3 is 0 Å². The molecule has 0 aliphatic carbocycles. The number of nitrogens with one attached hydrogen (secondary N) is 1. The first-order valence-corrected chi connectivity index (χ1v) is 11.8. The number of nitrogens with zero attached hydrogens (tertiary/aromatic N) is 4. The fraction of sp³-hybridized carbons (Fsp3) is 0.280. The lowest BCUT2D eigenvalue weighted by atomic mass is 10.0. The van der Waals surface area contributed by atoms with Gasteiger partial charge in [-0.2, -0.15) is 17.7 Å². The molecule has 1 aliphatic rings. The second-order valence-corrected chi connectivity index (χ2v) is 8.59. The van der Waals surface area contributed by atoms with Gasteiger partial charge in [-0.05, 0) is 24.0 Å². The molecule has 0 radical (unpaired) electrons. The summed E-state index contributed by atoms with van der Waals surface area (Å²) in [6, 6.07) is 11.5. The first-order chi connectivity index (χ1) is 17.1. The summed E-state index contributed by atoms with van der Waals surface area (Å²) in [5, 5.41) is 8.17. The topological polar surface area (TPSA) is 102 Å². The Hall–Kier alpha value is -3.79. The summed E-state index contributed by atoms with van der Waals surface area (Å²) in [4.78, 5) is 22.9. The molecular formula is C25H25N5O4S. The summed E-state index contributed by atoms with van der Waals surface area (Å²) in [7, 11) is 3.23. The van der Waals surface area contributed by atoms with E-state index in [1.807, 2.05) is 36.4 Å². The van der Waals surface area contributed by atoms with Crippen LogP contribution in [-0.2, 0) is 4.79 Å². The van der Waals surface area contributed by atoms with Gasteiger partial charge in [-0.1, -0.05) is 12.1 Å². The highest BCUT2D eigenvalue weighted by molar-refractivity contribution is 7.80. The SMILES string of the molecule is COc1cccc(-c2[nH]ncc2-c2ncnc3cc(OC)c(OC4CN(C(=O)CCS)C4)cc23)c1. The van der Waals surface area contributed by atoms with Crippen molar-refractivity contribution < 1.29 is 19.0 Å². The van der Waals surface area contributed by atoms with E-state index in [1.54, 1.807) is 25.3 Å². The van der Waals surface area contributed by atoms with Crippen LogP contribution in [0.4, 0.5) is 0 Å². The van der Waals surface area contributed by atoms with Gasteiger partial charge in [0.15, 0.2) is 11.5 Å². The number of hydrogen-bond donors (Lipinski definition) is 2. The lowest BCUT2D eigenvalue weighted by molar-refractivity contribution is -0.139. The fourth-order valence-electron chi connectivity index (χ4n) is 4.14. The molecule has 3 heterocycles. The highest BCUT2D eigenvalue weighted by Gasteiger charge is 2.32. The zero-order valence-electron chi connectivity index (χ0n) is 19.4. The minimum atomic E-state index is -0.112. The number of benzene rings is 2. The first kappa shape index (κ1) is 23.0. The van der Waals surface area contributed by atoms with Crippen LogP contribution in [0.15, 0.2) is 48.9 Å². The van der Waals surface area contributed by atoms with Crippen molar-refractivity contribution in [1.29, 1.82) is 0 Å². The van der Waals surface area contributed by atoms with Crippen LogP contribution in [0.2, 0.25) is 0 Å². The van der Waals surface area contributed by atoms with Crippen molar-refractivity contribution in [1.82, 2.24) is 25.1 Å². The number of thiol groups is 1. The minimum absolute atomic E-state index is 0.0889. The maximum atomic E-state index is 12.0. The summed E-state index contributed by atoms with van der Waals surface area (Å²) in [5.41, 5.74) is 4.01. The number of H-pyrrole nitrogens is 1. The van der Waals surface area contributed by atoms with Crippen molar-refractivity contribution in [2.45, 2.75) is 12.5 Å². The Morgan fingerprint density at radius 1 is 1.14 bits per heavy atom. The third kappa shape index (κ3) is 4.49. The number of amides is 1. The average Bonchev–Trinajstić information content (AvgIpc) is 3.35. The first-order valence-electron chi connectivity index (χ1n) is 11.2. The molecule has 9 nitrogen and oxygen atoms in total. The molecule has 0 unspecified atom stereocenters. The molecule has 0 atom stereocenters. The van der Waals surface area contributed by atoms with Crippen molar-refractivity contribution in [3.05, 3.63) is 48.9 Å². The van der Waals surface area contributed by atoms with Crippen LogP contribution < -0.4 is 14.2 Å². The molecule has 35 heavy (non-hydrogen) atoms. The van der Waals surface area contributed by atoms with Gasteiger partial charge in [-0.25, -0.2) is 9.97 Å². The predicted octanol–water partition coefficient (Wildman–Crippen LogP) is 3.61. The third-order valence-corrected chi connectivity index (χ3v) is 6.22. The minimum Gasteiger partial charge on any atom is -0.497 e. The average molecular weight is 492 g/mol. The fourth-order valence-corrected chi connectivity index (χ4v) is 4.34. The van der Waals surface area contributed by atoms with Gasteiger partial charge in [0.1, 0.15) is 18.2 Å². The molecule has 0 bridgehead atoms. The van der Waals surface area contributed by atoms with Gasteiger partial charge in [-0.15, -0.1) is 0 Å². The molecule has 1 aliphatic heterocycles. The molecule has 2 aromatic heterocycles. The lowest BCUT2D eigenvalue weighted by Gasteiger charge is -2.39. The van der Waals surface area contributed by atoms with Crippen LogP contribution in [-0.4, -0.2) is 70.1 Å². The smallest absolute Gasteiger partial charge is 0.223 e. The van der Waals surface area contributed by atoms with E-state index >= 15 is 0 Å². The molecule has 5 rings (SSSR count). The van der Waals surface area contributed by atoms with Gasteiger partial charge in [0, 0.05) is 29.0 Å². The number of methoxy groups -OCH3 is 2. The number of carbonyl (C=O) groups excluding carboxylic acids is 1. The number of fused-ring (bicyclic) bond motifs is 1. The molecule has 10 heteroatoms. The summed E-state index contributed by atoms with van der Waals surface area (Å²) in [6.45, 7) is 1.07. The normalized spacial score (nSPS) is 13.5. The molecule has 0 spiro atoms. The van der Waals surface area contributed by atoms with Crippen molar-refractivity contribution in [3.63, 3.8) is 0 Å². The number of hydrogen-bond acceptors (Lipinski definition) is 8. The van der Waals surface area contributed by atoms with Crippen molar-refractivity contribution >= 4 is 29.4 Å². The predicted molar refractivity (Wildman–Crippen MR) is 135 cm³/mol. The number of likely N-dealkylation sites (tertiary alicyclic amines) is 1. The molecule has 1 fully saturated rings. The molecule has 180 valence electrons. The van der Waals surface area contributed by atoms with E-state index in [-0.39, 0.29) is 12.0 Å². The van der Waals surface area contributed by atoms with E-state index in [1.165, 1.54) is 6.33 Å². The quantitative estimate of drug-likeness (QED) is 0.363. The Morgan fingerprint density at radius 2 is 2.00 bits per heavy atom. The lowest BCUT2D eigenvalue weighted by Crippen LogP contribution is -2.56. The van der Waals surface area contributed by atoms with Crippen LogP contribution in [0.1, 0.15) is 6.42 Å². The third-order valence-electron chi connectivity index (χ3n) is 5.99. The Balaban J connectivity index is 1.50. The number of aromatic nitrogens is 4. The number of rotatable bonds is 8. The Morgan fingerprint density at radius 3 is 2.77 bits per heavy atom. The second kappa shape index (κ2) is 9.83. The summed E-state index contributed by atoms with van der Waals surface area (Å²) < 4.78 is 17.2. The second-order valence-electron chi connectivity index (χ2n) is 8.15. The molecule has 4 aromatic rings. The van der Waals surface area contributed by atoms with Crippen LogP contribution in [0.25, 0.3) is 33.4 Å². The van der Waals surface area contributed by atoms with E-state index in [9.17, 15) is 4.79 Å². The molecule has 2 aromatic carbocycles. The zero-order valence-corrected chi connectivity index (χ0v) is 20.3. The summed E-state index contributed by atoms with van der Waals surface area (Å²) in [5.74, 6) is 2.52. The van der Waals surface area contributed by atoms with E-state index in [0.717, 1.165) is 33.5 Å². The van der Waals surface area contributed by atoms with E-state index in [0.29, 0.717) is 42.5 Å². The van der Waals surface area contributed by atoms with E-state index in [4.69, 9.17) is 14.2 Å². The molecule has 1 saturated heterocycles. The largest absolute Gasteiger partial charge is 0.497 e. The maximum absolute atomic E-state index is 12.0. The summed E-state index contributed by atoms with van der Waals surface area (Å²) >= 11 is 4.14. The van der Waals surface area contributed by atoms with Crippen molar-refractivity contribution in [3.8, 4) is 39.8 Å². The van der Waals surface area contributed by atoms with Crippen LogP contribution in [0.3, 0.4) is 0 Å². The van der Waals surface area contributed by atoms with E-state index < -0.39 is 0 Å². The van der Waals surface area contributed by atoms with Crippen LogP contribution in [0, 0.1) is 0 Å². The van der Waals surface area contributed by atoms with E-state index in [2.05, 4.69) is 32.8 Å². The highest BCUT2D eigenvalue weighted by Crippen LogP contribution is 2.39. The van der Waals surface area contributed by atoms with Gasteiger partial charge < -0.3 is 19.1 Å².